The molecule has 0 saturated heterocycles. The van der Waals surface area contributed by atoms with Crippen LogP contribution in [-0.2, 0) is 0 Å². The van der Waals surface area contributed by atoms with Crippen LogP contribution < -0.4 is 11.1 Å². The number of benzene rings is 2. The van der Waals surface area contributed by atoms with E-state index in [0.29, 0.717) is 29.0 Å². The van der Waals surface area contributed by atoms with E-state index in [-0.39, 0.29) is 5.91 Å². The molecule has 3 aromatic rings. The van der Waals surface area contributed by atoms with Gasteiger partial charge in [-0.05, 0) is 54.2 Å². The molecule has 2 atom stereocenters. The van der Waals surface area contributed by atoms with Crippen molar-refractivity contribution in [3.8, 4) is 0 Å². The highest BCUT2D eigenvalue weighted by Crippen LogP contribution is 2.37. The molecule has 1 fully saturated rings. The third-order valence-electron chi connectivity index (χ3n) is 5.45. The Kier molecular flexibility index (Phi) is 4.37. The Bertz CT molecular complexity index is 929. The lowest BCUT2D eigenvalue weighted by Crippen LogP contribution is -2.16. The van der Waals surface area contributed by atoms with E-state index in [1.165, 1.54) is 31.2 Å². The molecule has 2 unspecified atom stereocenters. The highest BCUT2D eigenvalue weighted by Gasteiger charge is 2.23. The predicted octanol–water partition coefficient (Wildman–Crippen LogP) is 4.69. The van der Waals surface area contributed by atoms with Gasteiger partial charge in [0.05, 0.1) is 11.0 Å². The lowest BCUT2D eigenvalue weighted by atomic mass is 9.76. The molecule has 5 nitrogen and oxygen atoms in total. The van der Waals surface area contributed by atoms with Crippen molar-refractivity contribution in [2.45, 2.75) is 38.5 Å². The Labute approximate surface area is 153 Å². The molecule has 1 aliphatic rings. The Morgan fingerprint density at radius 2 is 1.92 bits per heavy atom. The number of nitrogen functional groups attached to an aromatic ring is 1. The van der Waals surface area contributed by atoms with Crippen molar-refractivity contribution in [1.82, 2.24) is 9.97 Å². The van der Waals surface area contributed by atoms with Crippen LogP contribution in [0.3, 0.4) is 0 Å². The topological polar surface area (TPSA) is 83.8 Å². The molecule has 0 spiro atoms. The van der Waals surface area contributed by atoms with Gasteiger partial charge in [-0.1, -0.05) is 38.3 Å². The smallest absolute Gasteiger partial charge is 0.257 e. The largest absolute Gasteiger partial charge is 0.399 e. The Morgan fingerprint density at radius 3 is 2.69 bits per heavy atom. The Hall–Kier alpha value is -2.82. The summed E-state index contributed by atoms with van der Waals surface area (Å²) in [5, 5.41) is 2.83. The van der Waals surface area contributed by atoms with Gasteiger partial charge in [0.15, 0.2) is 0 Å². The van der Waals surface area contributed by atoms with E-state index in [1.54, 1.807) is 12.1 Å². The summed E-state index contributed by atoms with van der Waals surface area (Å²) in [6.07, 6.45) is 5.17. The van der Waals surface area contributed by atoms with Crippen LogP contribution in [0.15, 0.2) is 42.5 Å². The maximum absolute atomic E-state index is 12.5. The monoisotopic (exact) mass is 348 g/mol. The molecule has 0 radical (unpaired) electrons. The predicted molar refractivity (Wildman–Crippen MR) is 105 cm³/mol. The molecule has 1 aromatic heterocycles. The number of imidazole rings is 1. The zero-order chi connectivity index (χ0) is 18.1. The maximum atomic E-state index is 12.5. The van der Waals surface area contributed by atoms with Crippen LogP contribution >= 0.6 is 0 Å². The number of nitrogens with two attached hydrogens (primary N) is 1. The van der Waals surface area contributed by atoms with Crippen LogP contribution in [0.5, 0.6) is 0 Å². The van der Waals surface area contributed by atoms with E-state index >= 15 is 0 Å². The fraction of sp³-hybridized carbons (Fsp3) is 0.333. The normalized spacial score (nSPS) is 20.2. The summed E-state index contributed by atoms with van der Waals surface area (Å²) < 4.78 is 0. The highest BCUT2D eigenvalue weighted by atomic mass is 16.1. The fourth-order valence-corrected chi connectivity index (χ4v) is 3.96. The van der Waals surface area contributed by atoms with Gasteiger partial charge in [-0.25, -0.2) is 4.98 Å². The summed E-state index contributed by atoms with van der Waals surface area (Å²) in [5.41, 5.74) is 9.99. The first-order valence-corrected chi connectivity index (χ1v) is 9.27. The van der Waals surface area contributed by atoms with Gasteiger partial charge in [0, 0.05) is 11.3 Å². The standard InChI is InChI=1S/C21H24N4O/c1-13-4-2-3-5-17(13)14-6-8-15(9-7-14)20(26)25-21-23-18-11-10-16(22)12-19(18)24-21/h6-13,17H,2-5,22H2,1H3,(H2,23,24,25,26). The van der Waals surface area contributed by atoms with E-state index < -0.39 is 0 Å². The van der Waals surface area contributed by atoms with Gasteiger partial charge in [-0.2, -0.15) is 0 Å². The van der Waals surface area contributed by atoms with E-state index in [2.05, 4.69) is 34.3 Å². The summed E-state index contributed by atoms with van der Waals surface area (Å²) in [6, 6.07) is 13.4. The summed E-state index contributed by atoms with van der Waals surface area (Å²) >= 11 is 0. The SMILES string of the molecule is CC1CCCCC1c1ccc(C(=O)Nc2nc3ccc(N)cc3[nH]2)cc1. The summed E-state index contributed by atoms with van der Waals surface area (Å²) in [4.78, 5) is 20.0. The number of carbonyl (C=O) groups excluding carboxylic acids is 1. The molecule has 5 heteroatoms. The van der Waals surface area contributed by atoms with E-state index in [9.17, 15) is 4.79 Å². The van der Waals surface area contributed by atoms with Crippen molar-refractivity contribution in [2.75, 3.05) is 11.1 Å². The van der Waals surface area contributed by atoms with Crippen LogP contribution in [0, 0.1) is 5.92 Å². The van der Waals surface area contributed by atoms with Gasteiger partial charge >= 0.3 is 0 Å². The minimum atomic E-state index is -0.166. The summed E-state index contributed by atoms with van der Waals surface area (Å²) in [5.74, 6) is 1.59. The Balaban J connectivity index is 1.48. The number of anilines is 2. The van der Waals surface area contributed by atoms with Crippen molar-refractivity contribution in [1.29, 1.82) is 0 Å². The third-order valence-corrected chi connectivity index (χ3v) is 5.45. The molecule has 26 heavy (non-hydrogen) atoms. The first kappa shape index (κ1) is 16.6. The van der Waals surface area contributed by atoms with Crippen molar-refractivity contribution in [3.05, 3.63) is 53.6 Å². The molecule has 4 rings (SSSR count). The van der Waals surface area contributed by atoms with Gasteiger partial charge in [0.1, 0.15) is 0 Å². The number of amides is 1. The molecule has 2 aromatic carbocycles. The first-order chi connectivity index (χ1) is 12.6. The molecular weight excluding hydrogens is 324 g/mol. The third kappa shape index (κ3) is 3.29. The van der Waals surface area contributed by atoms with Crippen LogP contribution in [0.1, 0.15) is 54.4 Å². The van der Waals surface area contributed by atoms with E-state index in [4.69, 9.17) is 5.73 Å². The first-order valence-electron chi connectivity index (χ1n) is 9.27. The van der Waals surface area contributed by atoms with Crippen LogP contribution in [0.4, 0.5) is 11.6 Å². The number of hydrogen-bond donors (Lipinski definition) is 3. The number of rotatable bonds is 3. The van der Waals surface area contributed by atoms with Gasteiger partial charge in [0.25, 0.3) is 5.91 Å². The minimum Gasteiger partial charge on any atom is -0.399 e. The second-order valence-corrected chi connectivity index (χ2v) is 7.31. The number of hydrogen-bond acceptors (Lipinski definition) is 3. The van der Waals surface area contributed by atoms with Gasteiger partial charge < -0.3 is 10.7 Å². The number of nitrogens with zero attached hydrogens (tertiary/aromatic N) is 1. The number of H-pyrrole nitrogens is 1. The van der Waals surface area contributed by atoms with Crippen LogP contribution in [0.2, 0.25) is 0 Å². The highest BCUT2D eigenvalue weighted by molar-refractivity contribution is 6.04. The van der Waals surface area contributed by atoms with Crippen LogP contribution in [-0.4, -0.2) is 15.9 Å². The molecule has 1 saturated carbocycles. The van der Waals surface area contributed by atoms with Crippen molar-refractivity contribution in [3.63, 3.8) is 0 Å². The number of fused-ring (bicyclic) bond motifs is 1. The molecule has 1 heterocycles. The average molecular weight is 348 g/mol. The molecule has 1 amide bonds. The van der Waals surface area contributed by atoms with Crippen molar-refractivity contribution >= 4 is 28.6 Å². The quantitative estimate of drug-likeness (QED) is 0.600. The van der Waals surface area contributed by atoms with Crippen molar-refractivity contribution in [2.24, 2.45) is 5.92 Å². The minimum absolute atomic E-state index is 0.166. The number of aromatic amines is 1. The zero-order valence-electron chi connectivity index (χ0n) is 15.0. The fourth-order valence-electron chi connectivity index (χ4n) is 3.96. The lowest BCUT2D eigenvalue weighted by molar-refractivity contribution is 0.102. The van der Waals surface area contributed by atoms with Gasteiger partial charge in [-0.3, -0.25) is 10.1 Å². The molecule has 0 aliphatic heterocycles. The number of aromatic nitrogens is 2. The maximum Gasteiger partial charge on any atom is 0.257 e. The molecular formula is C21H24N4O. The second kappa shape index (κ2) is 6.83. The van der Waals surface area contributed by atoms with Crippen molar-refractivity contribution < 1.29 is 4.79 Å². The number of carbonyl (C=O) groups is 1. The average Bonchev–Trinajstić information content (AvgIpc) is 3.03. The van der Waals surface area contributed by atoms with E-state index in [1.807, 2.05) is 18.2 Å². The van der Waals surface area contributed by atoms with E-state index in [0.717, 1.165) is 11.0 Å². The molecule has 4 N–H and O–H groups in total. The van der Waals surface area contributed by atoms with Crippen LogP contribution in [0.25, 0.3) is 11.0 Å². The van der Waals surface area contributed by atoms with Gasteiger partial charge in [0.2, 0.25) is 5.95 Å². The molecule has 1 aliphatic carbocycles. The Morgan fingerprint density at radius 1 is 1.15 bits per heavy atom. The molecule has 134 valence electrons. The lowest BCUT2D eigenvalue weighted by Gasteiger charge is -2.29. The van der Waals surface area contributed by atoms with Gasteiger partial charge in [-0.15, -0.1) is 0 Å². The zero-order valence-corrected chi connectivity index (χ0v) is 15.0. The second-order valence-electron chi connectivity index (χ2n) is 7.31. The summed E-state index contributed by atoms with van der Waals surface area (Å²) in [6.45, 7) is 2.33. The summed E-state index contributed by atoms with van der Waals surface area (Å²) in [7, 11) is 0. The number of nitrogens with one attached hydrogen (secondary N) is 2. The molecule has 0 bridgehead atoms.